The Hall–Kier alpha value is -2.44. The summed E-state index contributed by atoms with van der Waals surface area (Å²) in [4.78, 5) is 19.1. The van der Waals surface area contributed by atoms with Crippen molar-refractivity contribution in [2.24, 2.45) is 0 Å². The average molecular weight is 411 g/mol. The standard InChI is InChI=1S/C23H26N2O3S/c1-16-7-5-10-18(25(16)23(27)28-14-17-8-3-2-4-9-17)13-20(26)19-11-6-12-21-22(19)24-15-29-21/h2-4,6,8-9,11-12,15-16,18,20,26H,5,7,10,13-14H2,1H3. The molecule has 1 fully saturated rings. The van der Waals surface area contributed by atoms with Crippen molar-refractivity contribution in [3.8, 4) is 0 Å². The van der Waals surface area contributed by atoms with E-state index in [0.717, 1.165) is 40.6 Å². The summed E-state index contributed by atoms with van der Waals surface area (Å²) in [5, 5.41) is 11.0. The monoisotopic (exact) mass is 410 g/mol. The van der Waals surface area contributed by atoms with Crippen LogP contribution in [0.5, 0.6) is 0 Å². The lowest BCUT2D eigenvalue weighted by Gasteiger charge is -2.40. The number of nitrogens with zero attached hydrogens (tertiary/aromatic N) is 2. The van der Waals surface area contributed by atoms with Gasteiger partial charge in [-0.15, -0.1) is 11.3 Å². The molecule has 1 N–H and O–H groups in total. The topological polar surface area (TPSA) is 62.7 Å². The molecule has 3 unspecified atom stereocenters. The second-order valence-electron chi connectivity index (χ2n) is 7.68. The highest BCUT2D eigenvalue weighted by atomic mass is 32.1. The summed E-state index contributed by atoms with van der Waals surface area (Å²) >= 11 is 1.57. The Morgan fingerprint density at radius 2 is 2.07 bits per heavy atom. The molecule has 5 nitrogen and oxygen atoms in total. The van der Waals surface area contributed by atoms with Gasteiger partial charge in [0, 0.05) is 17.6 Å². The average Bonchev–Trinajstić information content (AvgIpc) is 3.22. The van der Waals surface area contributed by atoms with Crippen LogP contribution in [0.25, 0.3) is 10.2 Å². The van der Waals surface area contributed by atoms with Gasteiger partial charge < -0.3 is 14.7 Å². The van der Waals surface area contributed by atoms with E-state index in [4.69, 9.17) is 4.74 Å². The van der Waals surface area contributed by atoms with Crippen LogP contribution in [0, 0.1) is 0 Å². The highest BCUT2D eigenvalue weighted by molar-refractivity contribution is 7.16. The first-order chi connectivity index (χ1) is 14.1. The number of benzene rings is 2. The van der Waals surface area contributed by atoms with Crippen molar-refractivity contribution in [1.82, 2.24) is 9.88 Å². The fourth-order valence-corrected chi connectivity index (χ4v) is 4.91. The fourth-order valence-electron chi connectivity index (χ4n) is 4.20. The zero-order valence-electron chi connectivity index (χ0n) is 16.5. The van der Waals surface area contributed by atoms with Gasteiger partial charge in [-0.05, 0) is 44.2 Å². The van der Waals surface area contributed by atoms with Gasteiger partial charge in [-0.2, -0.15) is 0 Å². The number of carbonyl (C=O) groups is 1. The van der Waals surface area contributed by atoms with Crippen LogP contribution in [0.15, 0.2) is 54.0 Å². The Morgan fingerprint density at radius 3 is 2.90 bits per heavy atom. The summed E-state index contributed by atoms with van der Waals surface area (Å²) in [6.45, 7) is 2.32. The summed E-state index contributed by atoms with van der Waals surface area (Å²) in [5.41, 5.74) is 4.46. The van der Waals surface area contributed by atoms with Crippen LogP contribution in [0.1, 0.15) is 49.8 Å². The van der Waals surface area contributed by atoms with E-state index in [0.29, 0.717) is 6.42 Å². The van der Waals surface area contributed by atoms with Gasteiger partial charge in [-0.3, -0.25) is 0 Å². The van der Waals surface area contributed by atoms with E-state index in [9.17, 15) is 9.90 Å². The predicted molar refractivity (Wildman–Crippen MR) is 115 cm³/mol. The minimum absolute atomic E-state index is 0.0501. The van der Waals surface area contributed by atoms with Crippen molar-refractivity contribution in [3.05, 3.63) is 65.2 Å². The van der Waals surface area contributed by atoms with Crippen molar-refractivity contribution < 1.29 is 14.6 Å². The number of aromatic nitrogens is 1. The second kappa shape index (κ2) is 8.93. The summed E-state index contributed by atoms with van der Waals surface area (Å²) in [7, 11) is 0. The van der Waals surface area contributed by atoms with E-state index in [1.165, 1.54) is 0 Å². The first-order valence-corrected chi connectivity index (χ1v) is 11.0. The molecule has 0 saturated carbocycles. The number of likely N-dealkylation sites (tertiary alicyclic amines) is 1. The van der Waals surface area contributed by atoms with E-state index >= 15 is 0 Å². The molecule has 3 aromatic rings. The van der Waals surface area contributed by atoms with Crippen molar-refractivity contribution >= 4 is 27.6 Å². The number of hydrogen-bond donors (Lipinski definition) is 1. The van der Waals surface area contributed by atoms with Crippen LogP contribution in [0.4, 0.5) is 4.79 Å². The number of carbonyl (C=O) groups excluding carboxylic acids is 1. The molecule has 29 heavy (non-hydrogen) atoms. The zero-order valence-corrected chi connectivity index (χ0v) is 17.3. The van der Waals surface area contributed by atoms with Gasteiger partial charge in [0.25, 0.3) is 0 Å². The molecule has 3 atom stereocenters. The number of para-hydroxylation sites is 1. The summed E-state index contributed by atoms with van der Waals surface area (Å²) in [5.74, 6) is 0. The van der Waals surface area contributed by atoms with Crippen LogP contribution in [-0.4, -0.2) is 33.2 Å². The fraction of sp³-hybridized carbons (Fsp3) is 0.391. The largest absolute Gasteiger partial charge is 0.445 e. The molecule has 6 heteroatoms. The summed E-state index contributed by atoms with van der Waals surface area (Å²) in [6, 6.07) is 15.6. The van der Waals surface area contributed by atoms with Crippen LogP contribution in [0.3, 0.4) is 0 Å². The number of aliphatic hydroxyl groups is 1. The number of ether oxygens (including phenoxy) is 1. The molecule has 4 rings (SSSR count). The van der Waals surface area contributed by atoms with Gasteiger partial charge >= 0.3 is 6.09 Å². The zero-order chi connectivity index (χ0) is 20.2. The second-order valence-corrected chi connectivity index (χ2v) is 8.57. The summed E-state index contributed by atoms with van der Waals surface area (Å²) < 4.78 is 6.68. The normalized spacial score (nSPS) is 20.6. The molecule has 2 aromatic carbocycles. The summed E-state index contributed by atoms with van der Waals surface area (Å²) in [6.07, 6.45) is 2.39. The molecule has 0 spiro atoms. The Labute approximate surface area is 175 Å². The van der Waals surface area contributed by atoms with Gasteiger partial charge in [0.05, 0.1) is 21.8 Å². The maximum atomic E-state index is 12.9. The number of hydrogen-bond acceptors (Lipinski definition) is 5. The Kier molecular flexibility index (Phi) is 6.11. The molecule has 1 aromatic heterocycles. The van der Waals surface area contributed by atoms with Gasteiger partial charge in [0.1, 0.15) is 6.61 Å². The van der Waals surface area contributed by atoms with Crippen LogP contribution < -0.4 is 0 Å². The first-order valence-electron chi connectivity index (χ1n) is 10.1. The molecule has 152 valence electrons. The Balaban J connectivity index is 1.47. The molecule has 2 heterocycles. The van der Waals surface area contributed by atoms with Crippen LogP contribution in [0.2, 0.25) is 0 Å². The molecule has 0 bridgehead atoms. The van der Waals surface area contributed by atoms with Crippen LogP contribution >= 0.6 is 11.3 Å². The van der Waals surface area contributed by atoms with Gasteiger partial charge in [0.15, 0.2) is 0 Å². The highest BCUT2D eigenvalue weighted by Gasteiger charge is 2.34. The van der Waals surface area contributed by atoms with Gasteiger partial charge in [0.2, 0.25) is 0 Å². The quantitative estimate of drug-likeness (QED) is 0.620. The number of piperidine rings is 1. The number of fused-ring (bicyclic) bond motifs is 1. The lowest BCUT2D eigenvalue weighted by Crippen LogP contribution is -2.49. The third-order valence-electron chi connectivity index (χ3n) is 5.69. The lowest BCUT2D eigenvalue weighted by molar-refractivity contribution is 0.0275. The number of rotatable bonds is 5. The van der Waals surface area contributed by atoms with E-state index in [-0.39, 0.29) is 24.8 Å². The minimum atomic E-state index is -0.666. The highest BCUT2D eigenvalue weighted by Crippen LogP contribution is 2.33. The van der Waals surface area contributed by atoms with Crippen molar-refractivity contribution in [3.63, 3.8) is 0 Å². The van der Waals surface area contributed by atoms with Crippen molar-refractivity contribution in [2.75, 3.05) is 0 Å². The molecular weight excluding hydrogens is 384 g/mol. The third kappa shape index (κ3) is 4.43. The van der Waals surface area contributed by atoms with E-state index in [1.807, 2.05) is 53.4 Å². The first kappa shape index (κ1) is 19.9. The van der Waals surface area contributed by atoms with Gasteiger partial charge in [-0.25, -0.2) is 9.78 Å². The predicted octanol–water partition coefficient (Wildman–Crippen LogP) is 5.30. The molecule has 1 saturated heterocycles. The van der Waals surface area contributed by atoms with E-state index < -0.39 is 6.10 Å². The van der Waals surface area contributed by atoms with E-state index in [1.54, 1.807) is 16.8 Å². The minimum Gasteiger partial charge on any atom is -0.445 e. The van der Waals surface area contributed by atoms with Crippen molar-refractivity contribution in [2.45, 2.75) is 57.4 Å². The lowest BCUT2D eigenvalue weighted by atomic mass is 9.91. The molecule has 0 radical (unpaired) electrons. The molecule has 1 aliphatic heterocycles. The SMILES string of the molecule is CC1CCCC(CC(O)c2cccc3scnc23)N1C(=O)OCc1ccccc1. The van der Waals surface area contributed by atoms with Gasteiger partial charge in [-0.1, -0.05) is 42.5 Å². The van der Waals surface area contributed by atoms with E-state index in [2.05, 4.69) is 11.9 Å². The van der Waals surface area contributed by atoms with Crippen LogP contribution in [-0.2, 0) is 11.3 Å². The molecular formula is C23H26N2O3S. The smallest absolute Gasteiger partial charge is 0.410 e. The number of amides is 1. The number of thiazole rings is 1. The third-order valence-corrected chi connectivity index (χ3v) is 6.48. The maximum absolute atomic E-state index is 12.9. The Morgan fingerprint density at radius 1 is 1.24 bits per heavy atom. The Bertz CT molecular complexity index is 959. The molecule has 1 amide bonds. The van der Waals surface area contributed by atoms with Crippen molar-refractivity contribution in [1.29, 1.82) is 0 Å². The number of aliphatic hydroxyl groups excluding tert-OH is 1. The maximum Gasteiger partial charge on any atom is 0.410 e. The molecule has 1 aliphatic rings. The molecule has 0 aliphatic carbocycles.